The Morgan fingerprint density at radius 3 is 3.21 bits per heavy atom. The highest BCUT2D eigenvalue weighted by molar-refractivity contribution is 7.99. The Morgan fingerprint density at radius 2 is 2.47 bits per heavy atom. The lowest BCUT2D eigenvalue weighted by Gasteiger charge is -2.04. The number of aromatic nitrogens is 3. The third-order valence-corrected chi connectivity index (χ3v) is 3.81. The van der Waals surface area contributed by atoms with Gasteiger partial charge in [-0.2, -0.15) is 0 Å². The molecule has 0 radical (unpaired) electrons. The molecule has 0 unspecified atom stereocenters. The van der Waals surface area contributed by atoms with Gasteiger partial charge in [0.15, 0.2) is 5.16 Å². The zero-order valence-corrected chi connectivity index (χ0v) is 11.1. The quantitative estimate of drug-likeness (QED) is 0.813. The Kier molecular flexibility index (Phi) is 3.54. The molecule has 0 atom stereocenters. The second kappa shape index (κ2) is 5.48. The molecule has 1 amide bonds. The van der Waals surface area contributed by atoms with Crippen LogP contribution in [0.5, 0.6) is 0 Å². The number of nitrogens with one attached hydrogen (secondary N) is 1. The van der Waals surface area contributed by atoms with Gasteiger partial charge in [0.2, 0.25) is 5.91 Å². The molecule has 7 heteroatoms. The summed E-state index contributed by atoms with van der Waals surface area (Å²) in [6, 6.07) is 4.16. The smallest absolute Gasteiger partial charge is 0.230 e. The number of rotatable bonds is 6. The lowest BCUT2D eigenvalue weighted by molar-refractivity contribution is -0.118. The van der Waals surface area contributed by atoms with Crippen LogP contribution in [0.15, 0.2) is 34.3 Å². The fourth-order valence-corrected chi connectivity index (χ4v) is 2.53. The summed E-state index contributed by atoms with van der Waals surface area (Å²) in [6.07, 6.45) is 5.68. The molecule has 1 fully saturated rings. The number of hydrogen-bond donors (Lipinski definition) is 1. The predicted molar refractivity (Wildman–Crippen MR) is 69.6 cm³/mol. The first-order valence-corrected chi connectivity index (χ1v) is 7.13. The third kappa shape index (κ3) is 3.17. The van der Waals surface area contributed by atoms with E-state index >= 15 is 0 Å². The summed E-state index contributed by atoms with van der Waals surface area (Å²) in [5, 5.41) is 11.5. The van der Waals surface area contributed by atoms with Crippen molar-refractivity contribution < 1.29 is 9.21 Å². The average Bonchev–Trinajstić information content (AvgIpc) is 2.94. The number of furan rings is 1. The Morgan fingerprint density at radius 1 is 1.58 bits per heavy atom. The van der Waals surface area contributed by atoms with Gasteiger partial charge in [0.05, 0.1) is 18.6 Å². The molecule has 1 saturated carbocycles. The maximum absolute atomic E-state index is 11.7. The van der Waals surface area contributed by atoms with E-state index in [1.54, 1.807) is 18.7 Å². The number of nitrogens with zero attached hydrogens (tertiary/aromatic N) is 3. The van der Waals surface area contributed by atoms with Crippen molar-refractivity contribution in [3.8, 4) is 0 Å². The van der Waals surface area contributed by atoms with Gasteiger partial charge in [-0.25, -0.2) is 0 Å². The van der Waals surface area contributed by atoms with Gasteiger partial charge >= 0.3 is 0 Å². The molecular weight excluding hydrogens is 264 g/mol. The van der Waals surface area contributed by atoms with Crippen molar-refractivity contribution in [2.45, 2.75) is 30.6 Å². The Bertz CT molecular complexity index is 548. The van der Waals surface area contributed by atoms with Gasteiger partial charge in [-0.3, -0.25) is 4.79 Å². The summed E-state index contributed by atoms with van der Waals surface area (Å²) in [5.41, 5.74) is 0. The zero-order valence-electron chi connectivity index (χ0n) is 10.3. The number of thioether (sulfide) groups is 1. The molecule has 0 bridgehead atoms. The van der Waals surface area contributed by atoms with Crippen molar-refractivity contribution in [2.24, 2.45) is 0 Å². The van der Waals surface area contributed by atoms with Crippen LogP contribution in [0.25, 0.3) is 0 Å². The van der Waals surface area contributed by atoms with Crippen molar-refractivity contribution >= 4 is 17.7 Å². The van der Waals surface area contributed by atoms with E-state index < -0.39 is 0 Å². The van der Waals surface area contributed by atoms with Crippen LogP contribution < -0.4 is 5.32 Å². The number of carbonyl (C=O) groups excluding carboxylic acids is 1. The molecule has 0 saturated heterocycles. The van der Waals surface area contributed by atoms with Gasteiger partial charge in [0.1, 0.15) is 12.1 Å². The number of amides is 1. The van der Waals surface area contributed by atoms with E-state index in [0.717, 1.165) is 10.9 Å². The molecule has 100 valence electrons. The van der Waals surface area contributed by atoms with Crippen LogP contribution in [0.2, 0.25) is 0 Å². The van der Waals surface area contributed by atoms with Crippen LogP contribution in [0, 0.1) is 0 Å². The minimum absolute atomic E-state index is 0.0354. The van der Waals surface area contributed by atoms with Crippen molar-refractivity contribution in [2.75, 3.05) is 5.75 Å². The molecule has 6 nitrogen and oxygen atoms in total. The van der Waals surface area contributed by atoms with Crippen molar-refractivity contribution in [3.05, 3.63) is 30.5 Å². The van der Waals surface area contributed by atoms with E-state index in [-0.39, 0.29) is 5.91 Å². The third-order valence-electron chi connectivity index (χ3n) is 2.85. The predicted octanol–water partition coefficient (Wildman–Crippen LogP) is 1.61. The molecule has 1 aliphatic carbocycles. The largest absolute Gasteiger partial charge is 0.467 e. The minimum atomic E-state index is -0.0354. The molecule has 0 aromatic carbocycles. The normalized spacial score (nSPS) is 14.5. The van der Waals surface area contributed by atoms with Gasteiger partial charge < -0.3 is 14.3 Å². The SMILES string of the molecule is O=C(CSc1nncn1C1CC1)NCc1ccco1. The summed E-state index contributed by atoms with van der Waals surface area (Å²) < 4.78 is 7.19. The highest BCUT2D eigenvalue weighted by Gasteiger charge is 2.26. The van der Waals surface area contributed by atoms with Crippen LogP contribution in [-0.2, 0) is 11.3 Å². The molecule has 2 aromatic heterocycles. The Balaban J connectivity index is 1.46. The van der Waals surface area contributed by atoms with E-state index in [9.17, 15) is 4.79 Å². The Hall–Kier alpha value is -1.76. The lowest BCUT2D eigenvalue weighted by atomic mass is 10.4. The van der Waals surface area contributed by atoms with E-state index in [1.165, 1.54) is 24.6 Å². The molecule has 3 rings (SSSR count). The van der Waals surface area contributed by atoms with Gasteiger partial charge in [-0.1, -0.05) is 11.8 Å². The zero-order chi connectivity index (χ0) is 13.1. The summed E-state index contributed by atoms with van der Waals surface area (Å²) in [6.45, 7) is 0.418. The fraction of sp³-hybridized carbons (Fsp3) is 0.417. The molecule has 2 aromatic rings. The summed E-state index contributed by atoms with van der Waals surface area (Å²) in [5.74, 6) is 1.05. The summed E-state index contributed by atoms with van der Waals surface area (Å²) >= 11 is 1.41. The van der Waals surface area contributed by atoms with Crippen molar-refractivity contribution in [3.63, 3.8) is 0 Å². The van der Waals surface area contributed by atoms with E-state index in [2.05, 4.69) is 15.5 Å². The molecule has 1 N–H and O–H groups in total. The average molecular weight is 278 g/mol. The highest BCUT2D eigenvalue weighted by Crippen LogP contribution is 2.37. The monoisotopic (exact) mass is 278 g/mol. The van der Waals surface area contributed by atoms with Gasteiger partial charge in [0.25, 0.3) is 0 Å². The van der Waals surface area contributed by atoms with Crippen molar-refractivity contribution in [1.29, 1.82) is 0 Å². The molecule has 0 aliphatic heterocycles. The molecule has 2 heterocycles. The standard InChI is InChI=1S/C12H14N4O2S/c17-11(13-6-10-2-1-5-18-10)7-19-12-15-14-8-16(12)9-3-4-9/h1-2,5,8-9H,3-4,6-7H2,(H,13,17). The first kappa shape index (κ1) is 12.3. The fourth-order valence-electron chi connectivity index (χ4n) is 1.72. The minimum Gasteiger partial charge on any atom is -0.467 e. The van der Waals surface area contributed by atoms with Crippen LogP contribution in [-0.4, -0.2) is 26.4 Å². The first-order chi connectivity index (χ1) is 9.33. The maximum atomic E-state index is 11.7. The molecular formula is C12H14N4O2S. The molecule has 1 aliphatic rings. The first-order valence-electron chi connectivity index (χ1n) is 6.14. The van der Waals surface area contributed by atoms with Crippen molar-refractivity contribution in [1.82, 2.24) is 20.1 Å². The van der Waals surface area contributed by atoms with Gasteiger partial charge in [-0.15, -0.1) is 10.2 Å². The van der Waals surface area contributed by atoms with Crippen LogP contribution >= 0.6 is 11.8 Å². The molecule has 0 spiro atoms. The Labute approximate surface area is 114 Å². The number of hydrogen-bond acceptors (Lipinski definition) is 5. The second-order valence-electron chi connectivity index (χ2n) is 4.40. The maximum Gasteiger partial charge on any atom is 0.230 e. The van der Waals surface area contributed by atoms with Crippen LogP contribution in [0.4, 0.5) is 0 Å². The summed E-state index contributed by atoms with van der Waals surface area (Å²) in [7, 11) is 0. The van der Waals surface area contributed by atoms with Crippen LogP contribution in [0.3, 0.4) is 0 Å². The molecule has 19 heavy (non-hydrogen) atoms. The lowest BCUT2D eigenvalue weighted by Crippen LogP contribution is -2.24. The number of carbonyl (C=O) groups is 1. The van der Waals surface area contributed by atoms with Gasteiger partial charge in [0, 0.05) is 6.04 Å². The highest BCUT2D eigenvalue weighted by atomic mass is 32.2. The van der Waals surface area contributed by atoms with E-state index in [4.69, 9.17) is 4.42 Å². The van der Waals surface area contributed by atoms with E-state index in [0.29, 0.717) is 18.3 Å². The summed E-state index contributed by atoms with van der Waals surface area (Å²) in [4.78, 5) is 11.7. The van der Waals surface area contributed by atoms with Gasteiger partial charge in [-0.05, 0) is 25.0 Å². The topological polar surface area (TPSA) is 73.0 Å². The van der Waals surface area contributed by atoms with E-state index in [1.807, 2.05) is 10.6 Å². The second-order valence-corrected chi connectivity index (χ2v) is 5.34. The van der Waals surface area contributed by atoms with Crippen LogP contribution in [0.1, 0.15) is 24.6 Å².